The van der Waals surface area contributed by atoms with Gasteiger partial charge in [0.25, 0.3) is 0 Å². The maximum atomic E-state index is 11.7. The van der Waals surface area contributed by atoms with Gasteiger partial charge in [0.15, 0.2) is 0 Å². The van der Waals surface area contributed by atoms with Gasteiger partial charge in [-0.3, -0.25) is 9.47 Å². The summed E-state index contributed by atoms with van der Waals surface area (Å²) in [5.74, 6) is -1.41. The van der Waals surface area contributed by atoms with Crippen LogP contribution in [0, 0.1) is 0 Å². The highest BCUT2D eigenvalue weighted by molar-refractivity contribution is 6.33. The van der Waals surface area contributed by atoms with Crippen molar-refractivity contribution in [1.82, 2.24) is 4.68 Å². The second-order valence-corrected chi connectivity index (χ2v) is 4.38. The number of anilines is 1. The fourth-order valence-electron chi connectivity index (χ4n) is 1.55. The van der Waals surface area contributed by atoms with Crippen molar-refractivity contribution in [3.8, 4) is 0 Å². The first kappa shape index (κ1) is 14.0. The third kappa shape index (κ3) is 3.52. The summed E-state index contributed by atoms with van der Waals surface area (Å²) in [7, 11) is 0. The maximum absolute atomic E-state index is 11.7. The highest BCUT2D eigenvalue weighted by Gasteiger charge is 2.10. The van der Waals surface area contributed by atoms with E-state index in [0.717, 1.165) is 0 Å². The molecule has 104 valence electrons. The third-order valence-corrected chi connectivity index (χ3v) is 2.84. The second kappa shape index (κ2) is 6.12. The molecule has 0 bridgehead atoms. The summed E-state index contributed by atoms with van der Waals surface area (Å²) in [6, 6.07) is 7.76. The topological polar surface area (TPSA) is 83.4 Å². The summed E-state index contributed by atoms with van der Waals surface area (Å²) in [6.45, 7) is 0.0301. The molecule has 0 aliphatic carbocycles. The van der Waals surface area contributed by atoms with E-state index in [4.69, 9.17) is 16.7 Å². The molecule has 0 spiro atoms. The van der Waals surface area contributed by atoms with E-state index in [0.29, 0.717) is 0 Å². The number of halogens is 1. The Labute approximate surface area is 119 Å². The SMILES string of the molecule is O=C(CNn1cccc1)Nc1cc(C(=O)O)ccc1Cl. The largest absolute Gasteiger partial charge is 0.478 e. The van der Waals surface area contributed by atoms with Crippen LogP contribution >= 0.6 is 11.6 Å². The molecule has 0 fully saturated rings. The zero-order chi connectivity index (χ0) is 14.5. The van der Waals surface area contributed by atoms with Gasteiger partial charge in [0.2, 0.25) is 5.91 Å². The van der Waals surface area contributed by atoms with Crippen LogP contribution in [0.15, 0.2) is 42.7 Å². The standard InChI is InChI=1S/C13H12ClN3O3/c14-10-4-3-9(13(19)20)7-11(10)16-12(18)8-15-17-5-1-2-6-17/h1-7,15H,8H2,(H,16,18)(H,19,20). The zero-order valence-electron chi connectivity index (χ0n) is 10.3. The number of carboxylic acids is 1. The number of benzene rings is 1. The molecular weight excluding hydrogens is 282 g/mol. The number of hydrogen-bond donors (Lipinski definition) is 3. The predicted molar refractivity (Wildman–Crippen MR) is 75.7 cm³/mol. The molecule has 1 aromatic carbocycles. The van der Waals surface area contributed by atoms with E-state index in [1.807, 2.05) is 12.1 Å². The molecule has 1 aromatic heterocycles. The van der Waals surface area contributed by atoms with Gasteiger partial charge < -0.3 is 15.8 Å². The third-order valence-electron chi connectivity index (χ3n) is 2.51. The Bertz CT molecular complexity index is 626. The normalized spacial score (nSPS) is 10.1. The number of hydrogen-bond acceptors (Lipinski definition) is 3. The van der Waals surface area contributed by atoms with Gasteiger partial charge in [-0.2, -0.15) is 0 Å². The van der Waals surface area contributed by atoms with Crippen LogP contribution < -0.4 is 10.7 Å². The summed E-state index contributed by atoms with van der Waals surface area (Å²) in [5, 5.41) is 11.7. The number of aromatic carboxylic acids is 1. The van der Waals surface area contributed by atoms with Crippen LogP contribution in [0.4, 0.5) is 5.69 Å². The van der Waals surface area contributed by atoms with Gasteiger partial charge in [0, 0.05) is 12.4 Å². The zero-order valence-corrected chi connectivity index (χ0v) is 11.1. The highest BCUT2D eigenvalue weighted by Crippen LogP contribution is 2.22. The number of aromatic nitrogens is 1. The monoisotopic (exact) mass is 293 g/mol. The van der Waals surface area contributed by atoms with E-state index in [-0.39, 0.29) is 28.7 Å². The Kier molecular flexibility index (Phi) is 4.27. The average molecular weight is 294 g/mol. The Morgan fingerprint density at radius 3 is 2.60 bits per heavy atom. The number of carbonyl (C=O) groups is 2. The van der Waals surface area contributed by atoms with E-state index in [2.05, 4.69) is 10.7 Å². The Morgan fingerprint density at radius 2 is 1.95 bits per heavy atom. The quantitative estimate of drug-likeness (QED) is 0.787. The van der Waals surface area contributed by atoms with Gasteiger partial charge in [-0.15, -0.1) is 0 Å². The van der Waals surface area contributed by atoms with Crippen molar-refractivity contribution < 1.29 is 14.7 Å². The summed E-state index contributed by atoms with van der Waals surface area (Å²) < 4.78 is 1.63. The fourth-order valence-corrected chi connectivity index (χ4v) is 1.72. The number of rotatable bonds is 5. The molecule has 2 rings (SSSR count). The van der Waals surface area contributed by atoms with Gasteiger partial charge in [-0.25, -0.2) is 4.79 Å². The molecule has 6 nitrogen and oxygen atoms in total. The first-order valence-corrected chi connectivity index (χ1v) is 6.13. The lowest BCUT2D eigenvalue weighted by atomic mass is 10.2. The van der Waals surface area contributed by atoms with Crippen molar-refractivity contribution in [2.45, 2.75) is 0 Å². The van der Waals surface area contributed by atoms with Crippen LogP contribution in [0.2, 0.25) is 5.02 Å². The molecule has 2 aromatic rings. The highest BCUT2D eigenvalue weighted by atomic mass is 35.5. The summed E-state index contributed by atoms with van der Waals surface area (Å²) in [5.41, 5.74) is 3.17. The van der Waals surface area contributed by atoms with Crippen molar-refractivity contribution in [2.24, 2.45) is 0 Å². The first-order chi connectivity index (χ1) is 9.56. The Balaban J connectivity index is 2.00. The van der Waals surface area contributed by atoms with Gasteiger partial charge in [-0.05, 0) is 30.3 Å². The van der Waals surface area contributed by atoms with Crippen molar-refractivity contribution in [3.05, 3.63) is 53.3 Å². The van der Waals surface area contributed by atoms with Crippen LogP contribution in [0.5, 0.6) is 0 Å². The molecule has 20 heavy (non-hydrogen) atoms. The van der Waals surface area contributed by atoms with Crippen molar-refractivity contribution >= 4 is 29.2 Å². The number of carboxylic acid groups (broad SMARTS) is 1. The smallest absolute Gasteiger partial charge is 0.335 e. The molecule has 0 saturated heterocycles. The minimum atomic E-state index is -1.08. The van der Waals surface area contributed by atoms with Crippen LogP contribution in [0.25, 0.3) is 0 Å². The van der Waals surface area contributed by atoms with E-state index < -0.39 is 5.97 Å². The van der Waals surface area contributed by atoms with Gasteiger partial charge >= 0.3 is 5.97 Å². The molecule has 0 aliphatic rings. The lowest BCUT2D eigenvalue weighted by molar-refractivity contribution is -0.114. The molecule has 0 atom stereocenters. The lowest BCUT2D eigenvalue weighted by Gasteiger charge is -2.10. The van der Waals surface area contributed by atoms with Gasteiger partial charge in [0.05, 0.1) is 16.3 Å². The maximum Gasteiger partial charge on any atom is 0.335 e. The van der Waals surface area contributed by atoms with Crippen molar-refractivity contribution in [2.75, 3.05) is 17.3 Å². The van der Waals surface area contributed by atoms with E-state index >= 15 is 0 Å². The minimum Gasteiger partial charge on any atom is -0.478 e. The molecule has 0 radical (unpaired) electrons. The minimum absolute atomic E-state index is 0.0301. The lowest BCUT2D eigenvalue weighted by Crippen LogP contribution is -2.26. The number of nitrogens with one attached hydrogen (secondary N) is 2. The summed E-state index contributed by atoms with van der Waals surface area (Å²) >= 11 is 5.91. The first-order valence-electron chi connectivity index (χ1n) is 5.76. The molecule has 0 aliphatic heterocycles. The molecule has 3 N–H and O–H groups in total. The van der Waals surface area contributed by atoms with Crippen LogP contribution in [0.3, 0.4) is 0 Å². The summed E-state index contributed by atoms with van der Waals surface area (Å²) in [4.78, 5) is 22.6. The van der Waals surface area contributed by atoms with Crippen molar-refractivity contribution in [1.29, 1.82) is 0 Å². The van der Waals surface area contributed by atoms with E-state index in [1.165, 1.54) is 18.2 Å². The van der Waals surface area contributed by atoms with Crippen molar-refractivity contribution in [3.63, 3.8) is 0 Å². The van der Waals surface area contributed by atoms with E-state index in [9.17, 15) is 9.59 Å². The predicted octanol–water partition coefficient (Wildman–Crippen LogP) is 2.02. The van der Waals surface area contributed by atoms with Crippen LogP contribution in [0.1, 0.15) is 10.4 Å². The van der Waals surface area contributed by atoms with E-state index in [1.54, 1.807) is 17.1 Å². The number of amides is 1. The van der Waals surface area contributed by atoms with Crippen LogP contribution in [-0.2, 0) is 4.79 Å². The summed E-state index contributed by atoms with van der Waals surface area (Å²) in [6.07, 6.45) is 3.51. The van der Waals surface area contributed by atoms with Gasteiger partial charge in [-0.1, -0.05) is 11.6 Å². The van der Waals surface area contributed by atoms with Crippen LogP contribution in [-0.4, -0.2) is 28.2 Å². The molecule has 0 unspecified atom stereocenters. The molecule has 1 heterocycles. The molecular formula is C13H12ClN3O3. The number of nitrogens with zero attached hydrogens (tertiary/aromatic N) is 1. The molecule has 0 saturated carbocycles. The fraction of sp³-hybridized carbons (Fsp3) is 0.0769. The molecule has 1 amide bonds. The second-order valence-electron chi connectivity index (χ2n) is 3.97. The number of carbonyl (C=O) groups excluding carboxylic acids is 1. The van der Waals surface area contributed by atoms with Gasteiger partial charge in [0.1, 0.15) is 6.54 Å². The Hall–Kier alpha value is -2.47. The molecule has 7 heteroatoms. The Morgan fingerprint density at radius 1 is 1.25 bits per heavy atom. The average Bonchev–Trinajstić information content (AvgIpc) is 2.92.